The van der Waals surface area contributed by atoms with E-state index in [4.69, 9.17) is 4.74 Å². The van der Waals surface area contributed by atoms with Crippen molar-refractivity contribution in [3.63, 3.8) is 0 Å². The lowest BCUT2D eigenvalue weighted by Crippen LogP contribution is -2.32. The number of hydrogen-bond donors (Lipinski definition) is 1. The zero-order valence-corrected chi connectivity index (χ0v) is 10.1. The molecule has 88 valence electrons. The van der Waals surface area contributed by atoms with Crippen molar-refractivity contribution in [1.29, 1.82) is 0 Å². The van der Waals surface area contributed by atoms with E-state index in [1.807, 2.05) is 19.3 Å². The number of hydrogen-bond acceptors (Lipinski definition) is 3. The van der Waals surface area contributed by atoms with Crippen LogP contribution in [-0.2, 0) is 4.74 Å². The number of aromatic nitrogens is 1. The fraction of sp³-hybridized carbons (Fsp3) is 0.615. The smallest absolute Gasteiger partial charge is 0.0605 e. The molecular weight excluding hydrogens is 200 g/mol. The van der Waals surface area contributed by atoms with Crippen LogP contribution in [0, 0.1) is 12.8 Å². The van der Waals surface area contributed by atoms with Crippen LogP contribution in [0.5, 0.6) is 0 Å². The molecule has 1 aliphatic rings. The third kappa shape index (κ3) is 2.42. The molecule has 0 saturated carbocycles. The quantitative estimate of drug-likeness (QED) is 0.847. The number of rotatable bonds is 3. The molecule has 1 saturated heterocycles. The normalized spacial score (nSPS) is 23.0. The molecule has 1 fully saturated rings. The van der Waals surface area contributed by atoms with Crippen LogP contribution in [0.15, 0.2) is 18.3 Å². The molecule has 2 unspecified atom stereocenters. The fourth-order valence-corrected chi connectivity index (χ4v) is 2.45. The Labute approximate surface area is 97.2 Å². The Hall–Kier alpha value is -0.930. The minimum atomic E-state index is 0.321. The lowest BCUT2D eigenvalue weighted by atomic mass is 9.90. The molecule has 2 atom stereocenters. The van der Waals surface area contributed by atoms with E-state index >= 15 is 0 Å². The van der Waals surface area contributed by atoms with Crippen LogP contribution in [0.1, 0.15) is 30.1 Å². The maximum Gasteiger partial charge on any atom is 0.0605 e. The largest absolute Gasteiger partial charge is 0.381 e. The minimum absolute atomic E-state index is 0.321. The molecule has 2 heterocycles. The first kappa shape index (κ1) is 11.6. The molecule has 3 nitrogen and oxygen atoms in total. The van der Waals surface area contributed by atoms with Gasteiger partial charge in [0.2, 0.25) is 0 Å². The molecule has 3 heteroatoms. The average molecular weight is 220 g/mol. The summed E-state index contributed by atoms with van der Waals surface area (Å²) in [5.74, 6) is 0.548. The van der Waals surface area contributed by atoms with Crippen LogP contribution >= 0.6 is 0 Å². The van der Waals surface area contributed by atoms with Gasteiger partial charge in [-0.3, -0.25) is 4.98 Å². The molecule has 1 aliphatic heterocycles. The first-order valence-electron chi connectivity index (χ1n) is 5.99. The molecule has 0 aliphatic carbocycles. The molecule has 1 aromatic heterocycles. The second-order valence-electron chi connectivity index (χ2n) is 4.45. The van der Waals surface area contributed by atoms with Crippen LogP contribution in [0.25, 0.3) is 0 Å². The highest BCUT2D eigenvalue weighted by atomic mass is 16.5. The predicted octanol–water partition coefficient (Wildman–Crippen LogP) is 2.08. The molecule has 0 spiro atoms. The zero-order chi connectivity index (χ0) is 11.4. The summed E-state index contributed by atoms with van der Waals surface area (Å²) in [4.78, 5) is 4.51. The van der Waals surface area contributed by atoms with Crippen molar-refractivity contribution in [3.05, 3.63) is 29.6 Å². The van der Waals surface area contributed by atoms with E-state index in [0.29, 0.717) is 12.0 Å². The first-order chi connectivity index (χ1) is 7.83. The van der Waals surface area contributed by atoms with Crippen molar-refractivity contribution in [2.24, 2.45) is 5.92 Å². The number of aryl methyl sites for hydroxylation is 1. The summed E-state index contributed by atoms with van der Waals surface area (Å²) in [6.07, 6.45) is 4.26. The second-order valence-corrected chi connectivity index (χ2v) is 4.45. The van der Waals surface area contributed by atoms with Gasteiger partial charge >= 0.3 is 0 Å². The van der Waals surface area contributed by atoms with Crippen molar-refractivity contribution >= 4 is 0 Å². The summed E-state index contributed by atoms with van der Waals surface area (Å²) in [5, 5.41) is 3.39. The summed E-state index contributed by atoms with van der Waals surface area (Å²) in [7, 11) is 2.01. The van der Waals surface area contributed by atoms with Gasteiger partial charge in [-0.25, -0.2) is 0 Å². The Morgan fingerprint density at radius 2 is 2.44 bits per heavy atom. The van der Waals surface area contributed by atoms with E-state index in [1.54, 1.807) is 0 Å². The fourth-order valence-electron chi connectivity index (χ4n) is 2.45. The van der Waals surface area contributed by atoms with Gasteiger partial charge in [0.25, 0.3) is 0 Å². The summed E-state index contributed by atoms with van der Waals surface area (Å²) in [6, 6.07) is 4.43. The topological polar surface area (TPSA) is 34.2 Å². The first-order valence-corrected chi connectivity index (χ1v) is 5.99. The molecule has 0 aromatic carbocycles. The third-order valence-electron chi connectivity index (χ3n) is 3.32. The Morgan fingerprint density at radius 3 is 3.06 bits per heavy atom. The van der Waals surface area contributed by atoms with Gasteiger partial charge in [0.15, 0.2) is 0 Å². The number of nitrogens with zero attached hydrogens (tertiary/aromatic N) is 1. The van der Waals surface area contributed by atoms with Crippen LogP contribution in [0.4, 0.5) is 0 Å². The maximum atomic E-state index is 5.56. The van der Waals surface area contributed by atoms with Crippen molar-refractivity contribution in [2.45, 2.75) is 25.8 Å². The Balaban J connectivity index is 2.18. The lowest BCUT2D eigenvalue weighted by Gasteiger charge is -2.30. The van der Waals surface area contributed by atoms with Crippen molar-refractivity contribution in [2.75, 3.05) is 20.3 Å². The van der Waals surface area contributed by atoms with E-state index in [-0.39, 0.29) is 0 Å². The third-order valence-corrected chi connectivity index (χ3v) is 3.32. The van der Waals surface area contributed by atoms with E-state index in [0.717, 1.165) is 19.6 Å². The molecule has 16 heavy (non-hydrogen) atoms. The molecule has 0 amide bonds. The summed E-state index contributed by atoms with van der Waals surface area (Å²) >= 11 is 0. The number of nitrogens with one attached hydrogen (secondary N) is 1. The standard InChI is InChI=1S/C13H20N2O/c1-10-5-3-7-15-12(10)13(14-2)11-6-4-8-16-9-11/h3,5,7,11,13-14H,4,6,8-9H2,1-2H3. The van der Waals surface area contributed by atoms with Crippen molar-refractivity contribution in [3.8, 4) is 0 Å². The highest BCUT2D eigenvalue weighted by Crippen LogP contribution is 2.28. The molecule has 2 rings (SSSR count). The second kappa shape index (κ2) is 5.41. The van der Waals surface area contributed by atoms with Crippen LogP contribution < -0.4 is 5.32 Å². The highest BCUT2D eigenvalue weighted by molar-refractivity contribution is 5.21. The minimum Gasteiger partial charge on any atom is -0.381 e. The summed E-state index contributed by atoms with van der Waals surface area (Å²) in [5.41, 5.74) is 2.42. The summed E-state index contributed by atoms with van der Waals surface area (Å²) in [6.45, 7) is 3.88. The average Bonchev–Trinajstić information content (AvgIpc) is 2.34. The van der Waals surface area contributed by atoms with Crippen LogP contribution in [-0.4, -0.2) is 25.2 Å². The van der Waals surface area contributed by atoms with E-state index in [9.17, 15) is 0 Å². The van der Waals surface area contributed by atoms with Gasteiger partial charge in [-0.15, -0.1) is 0 Å². The summed E-state index contributed by atoms with van der Waals surface area (Å²) < 4.78 is 5.56. The van der Waals surface area contributed by atoms with Gasteiger partial charge in [-0.2, -0.15) is 0 Å². The Bertz CT molecular complexity index is 334. The molecular formula is C13H20N2O. The SMILES string of the molecule is CNC(c1ncccc1C)C1CCCOC1. The Morgan fingerprint density at radius 1 is 1.56 bits per heavy atom. The molecule has 1 aromatic rings. The molecule has 1 N–H and O–H groups in total. The monoisotopic (exact) mass is 220 g/mol. The van der Waals surface area contributed by atoms with Crippen molar-refractivity contribution in [1.82, 2.24) is 10.3 Å². The van der Waals surface area contributed by atoms with Gasteiger partial charge in [0.05, 0.1) is 18.3 Å². The van der Waals surface area contributed by atoms with E-state index in [1.165, 1.54) is 17.7 Å². The van der Waals surface area contributed by atoms with Gasteiger partial charge < -0.3 is 10.1 Å². The predicted molar refractivity (Wildman–Crippen MR) is 64.3 cm³/mol. The van der Waals surface area contributed by atoms with Crippen LogP contribution in [0.3, 0.4) is 0 Å². The molecule has 0 bridgehead atoms. The number of pyridine rings is 1. The van der Waals surface area contributed by atoms with Gasteiger partial charge in [-0.05, 0) is 38.4 Å². The highest BCUT2D eigenvalue weighted by Gasteiger charge is 2.26. The van der Waals surface area contributed by atoms with E-state index in [2.05, 4.69) is 23.3 Å². The van der Waals surface area contributed by atoms with Gasteiger partial charge in [0, 0.05) is 18.7 Å². The van der Waals surface area contributed by atoms with Gasteiger partial charge in [0.1, 0.15) is 0 Å². The van der Waals surface area contributed by atoms with Gasteiger partial charge in [-0.1, -0.05) is 6.07 Å². The number of ether oxygens (including phenoxy) is 1. The van der Waals surface area contributed by atoms with Crippen LogP contribution in [0.2, 0.25) is 0 Å². The molecule has 0 radical (unpaired) electrons. The zero-order valence-electron chi connectivity index (χ0n) is 10.1. The Kier molecular flexibility index (Phi) is 3.91. The maximum absolute atomic E-state index is 5.56. The van der Waals surface area contributed by atoms with Crippen molar-refractivity contribution < 1.29 is 4.74 Å². The van der Waals surface area contributed by atoms with E-state index < -0.39 is 0 Å². The lowest BCUT2D eigenvalue weighted by molar-refractivity contribution is 0.0395.